The molecule has 0 saturated carbocycles. The molecule has 0 aromatic heterocycles. The first-order valence-corrected chi connectivity index (χ1v) is 8.45. The summed E-state index contributed by atoms with van der Waals surface area (Å²) in [6, 6.07) is 6.69. The molecule has 2 aliphatic rings. The minimum absolute atomic E-state index is 0.00206. The molecule has 1 aromatic carbocycles. The fraction of sp³-hybridized carbons (Fsp3) is 0.500. The number of hydrogen-bond acceptors (Lipinski definition) is 4. The van der Waals surface area contributed by atoms with Crippen LogP contribution in [-0.4, -0.2) is 67.7 Å². The maximum absolute atomic E-state index is 12.2. The highest BCUT2D eigenvalue weighted by molar-refractivity contribution is 6.30. The molecule has 2 fully saturated rings. The predicted molar refractivity (Wildman–Crippen MR) is 92.9 cm³/mol. The highest BCUT2D eigenvalue weighted by Crippen LogP contribution is 2.23. The van der Waals surface area contributed by atoms with Crippen molar-refractivity contribution in [2.75, 3.05) is 44.7 Å². The van der Waals surface area contributed by atoms with Crippen LogP contribution < -0.4 is 15.6 Å². The number of likely N-dealkylation sites (N-methyl/N-ethyl adjacent to an activating group) is 1. The van der Waals surface area contributed by atoms with Gasteiger partial charge in [-0.3, -0.25) is 10.2 Å². The van der Waals surface area contributed by atoms with Crippen molar-refractivity contribution in [3.8, 4) is 0 Å². The standard InChI is InChI=1S/C16H22ClN5O2/c1-20-6-8-21(9-7-20)19-16(24)18-13-10-15(23)22(11-13)14-4-2-12(17)3-5-14/h2-5,13H,6-11H2,1H3,(H2,18,19,24). The van der Waals surface area contributed by atoms with Gasteiger partial charge in [-0.15, -0.1) is 0 Å². The molecular weight excluding hydrogens is 330 g/mol. The van der Waals surface area contributed by atoms with Crippen LogP contribution in [0.3, 0.4) is 0 Å². The van der Waals surface area contributed by atoms with Crippen LogP contribution in [0.15, 0.2) is 24.3 Å². The third-order valence-electron chi connectivity index (χ3n) is 4.36. The molecule has 130 valence electrons. The molecule has 7 nitrogen and oxygen atoms in total. The third kappa shape index (κ3) is 4.17. The number of anilines is 1. The lowest BCUT2D eigenvalue weighted by Gasteiger charge is -2.32. The summed E-state index contributed by atoms with van der Waals surface area (Å²) < 4.78 is 0. The number of carbonyl (C=O) groups excluding carboxylic acids is 2. The fourth-order valence-corrected chi connectivity index (χ4v) is 3.08. The molecule has 1 atom stereocenters. The van der Waals surface area contributed by atoms with E-state index in [1.54, 1.807) is 17.0 Å². The number of carbonyl (C=O) groups is 2. The first-order chi connectivity index (χ1) is 11.5. The molecule has 2 heterocycles. The molecule has 2 saturated heterocycles. The Kier molecular flexibility index (Phi) is 5.23. The number of amides is 3. The topological polar surface area (TPSA) is 67.9 Å². The second kappa shape index (κ2) is 7.38. The van der Waals surface area contributed by atoms with E-state index in [4.69, 9.17) is 11.6 Å². The average Bonchev–Trinajstić information content (AvgIpc) is 2.90. The van der Waals surface area contributed by atoms with E-state index in [-0.39, 0.29) is 18.0 Å². The highest BCUT2D eigenvalue weighted by atomic mass is 35.5. The van der Waals surface area contributed by atoms with Crippen LogP contribution in [0, 0.1) is 0 Å². The van der Waals surface area contributed by atoms with Gasteiger partial charge in [0, 0.05) is 49.9 Å². The van der Waals surface area contributed by atoms with Gasteiger partial charge in [0.25, 0.3) is 0 Å². The van der Waals surface area contributed by atoms with Crippen molar-refractivity contribution in [3.63, 3.8) is 0 Å². The molecule has 24 heavy (non-hydrogen) atoms. The van der Waals surface area contributed by atoms with E-state index >= 15 is 0 Å². The van der Waals surface area contributed by atoms with Crippen molar-refractivity contribution >= 4 is 29.2 Å². The second-order valence-corrected chi connectivity index (χ2v) is 6.69. The summed E-state index contributed by atoms with van der Waals surface area (Å²) in [4.78, 5) is 28.2. The van der Waals surface area contributed by atoms with Gasteiger partial charge >= 0.3 is 6.03 Å². The summed E-state index contributed by atoms with van der Waals surface area (Å²) in [7, 11) is 2.06. The Morgan fingerprint density at radius 2 is 1.83 bits per heavy atom. The SMILES string of the molecule is CN1CCN(NC(=O)NC2CC(=O)N(c3ccc(Cl)cc3)C2)CC1. The first kappa shape index (κ1) is 17.0. The molecule has 3 rings (SSSR count). The van der Waals surface area contributed by atoms with Gasteiger partial charge in [-0.2, -0.15) is 0 Å². The van der Waals surface area contributed by atoms with Gasteiger partial charge in [0.2, 0.25) is 5.91 Å². The normalized spacial score (nSPS) is 22.7. The number of nitrogens with one attached hydrogen (secondary N) is 2. The van der Waals surface area contributed by atoms with Gasteiger partial charge in [0.15, 0.2) is 0 Å². The zero-order valence-electron chi connectivity index (χ0n) is 13.7. The van der Waals surface area contributed by atoms with Crippen molar-refractivity contribution in [1.82, 2.24) is 20.7 Å². The van der Waals surface area contributed by atoms with E-state index in [2.05, 4.69) is 22.7 Å². The summed E-state index contributed by atoms with van der Waals surface area (Å²) in [6.45, 7) is 3.91. The van der Waals surface area contributed by atoms with E-state index < -0.39 is 0 Å². The number of rotatable bonds is 3. The van der Waals surface area contributed by atoms with E-state index in [0.29, 0.717) is 18.0 Å². The van der Waals surface area contributed by atoms with E-state index in [0.717, 1.165) is 31.9 Å². The minimum atomic E-state index is -0.254. The van der Waals surface area contributed by atoms with Crippen LogP contribution in [-0.2, 0) is 4.79 Å². The van der Waals surface area contributed by atoms with Crippen molar-refractivity contribution in [1.29, 1.82) is 0 Å². The molecule has 0 aliphatic carbocycles. The smallest absolute Gasteiger partial charge is 0.329 e. The van der Waals surface area contributed by atoms with Crippen molar-refractivity contribution in [2.24, 2.45) is 0 Å². The number of hydrogen-bond donors (Lipinski definition) is 2. The van der Waals surface area contributed by atoms with Crippen molar-refractivity contribution in [3.05, 3.63) is 29.3 Å². The highest BCUT2D eigenvalue weighted by Gasteiger charge is 2.31. The number of hydrazine groups is 1. The van der Waals surface area contributed by atoms with Gasteiger partial charge in [-0.25, -0.2) is 9.80 Å². The Morgan fingerprint density at radius 1 is 1.17 bits per heavy atom. The third-order valence-corrected chi connectivity index (χ3v) is 4.61. The molecule has 0 radical (unpaired) electrons. The molecule has 2 aliphatic heterocycles. The Labute approximate surface area is 146 Å². The Morgan fingerprint density at radius 3 is 2.50 bits per heavy atom. The fourth-order valence-electron chi connectivity index (χ4n) is 2.95. The van der Waals surface area contributed by atoms with Gasteiger partial charge in [0.05, 0.1) is 6.04 Å². The average molecular weight is 352 g/mol. The van der Waals surface area contributed by atoms with Crippen LogP contribution in [0.4, 0.5) is 10.5 Å². The summed E-state index contributed by atoms with van der Waals surface area (Å²) >= 11 is 5.88. The number of piperazine rings is 1. The van der Waals surface area contributed by atoms with Crippen molar-refractivity contribution in [2.45, 2.75) is 12.5 Å². The van der Waals surface area contributed by atoms with Crippen molar-refractivity contribution < 1.29 is 9.59 Å². The first-order valence-electron chi connectivity index (χ1n) is 8.08. The summed E-state index contributed by atoms with van der Waals surface area (Å²) in [5.41, 5.74) is 3.65. The quantitative estimate of drug-likeness (QED) is 0.849. The van der Waals surface area contributed by atoms with Crippen LogP contribution in [0.2, 0.25) is 5.02 Å². The van der Waals surface area contributed by atoms with Gasteiger partial charge in [0.1, 0.15) is 0 Å². The van der Waals surface area contributed by atoms with Crippen LogP contribution in [0.5, 0.6) is 0 Å². The van der Waals surface area contributed by atoms with Gasteiger partial charge < -0.3 is 15.1 Å². The molecule has 1 aromatic rings. The molecule has 1 unspecified atom stereocenters. The van der Waals surface area contributed by atoms with E-state index in [9.17, 15) is 9.59 Å². The van der Waals surface area contributed by atoms with Crippen LogP contribution in [0.1, 0.15) is 6.42 Å². The summed E-state index contributed by atoms with van der Waals surface area (Å²) in [5, 5.41) is 5.42. The lowest BCUT2D eigenvalue weighted by molar-refractivity contribution is -0.117. The monoisotopic (exact) mass is 351 g/mol. The van der Waals surface area contributed by atoms with Gasteiger partial charge in [-0.05, 0) is 31.3 Å². The molecule has 2 N–H and O–H groups in total. The minimum Gasteiger partial charge on any atom is -0.332 e. The molecular formula is C16H22ClN5O2. The Bertz CT molecular complexity index is 601. The number of urea groups is 1. The predicted octanol–water partition coefficient (Wildman–Crippen LogP) is 0.907. The Hall–Kier alpha value is -1.83. The number of halogens is 1. The van der Waals surface area contributed by atoms with E-state index in [1.165, 1.54) is 0 Å². The lowest BCUT2D eigenvalue weighted by Crippen LogP contribution is -2.56. The number of benzene rings is 1. The maximum Gasteiger partial charge on any atom is 0.329 e. The molecule has 0 spiro atoms. The molecule has 8 heteroatoms. The van der Waals surface area contributed by atoms with Crippen LogP contribution in [0.25, 0.3) is 0 Å². The van der Waals surface area contributed by atoms with Crippen LogP contribution >= 0.6 is 11.6 Å². The zero-order chi connectivity index (χ0) is 17.1. The Balaban J connectivity index is 1.50. The maximum atomic E-state index is 12.2. The number of nitrogens with zero attached hydrogens (tertiary/aromatic N) is 3. The van der Waals surface area contributed by atoms with E-state index in [1.807, 2.05) is 17.1 Å². The molecule has 0 bridgehead atoms. The zero-order valence-corrected chi connectivity index (χ0v) is 14.4. The second-order valence-electron chi connectivity index (χ2n) is 6.26. The largest absolute Gasteiger partial charge is 0.332 e. The summed E-state index contributed by atoms with van der Waals surface area (Å²) in [5.74, 6) is 0.00206. The molecule has 3 amide bonds. The van der Waals surface area contributed by atoms with Gasteiger partial charge in [-0.1, -0.05) is 11.6 Å². The summed E-state index contributed by atoms with van der Waals surface area (Å²) in [6.07, 6.45) is 0.304. The lowest BCUT2D eigenvalue weighted by atomic mass is 10.2.